The van der Waals surface area contributed by atoms with Crippen LogP contribution in [0.25, 0.3) is 0 Å². The molecule has 0 bridgehead atoms. The maximum Gasteiger partial charge on any atom is 0.305 e. The number of nitrogens with one attached hydrogen (secondary N) is 2. The van der Waals surface area contributed by atoms with Crippen molar-refractivity contribution in [3.63, 3.8) is 0 Å². The largest absolute Gasteiger partial charge is 0.481 e. The second-order valence-electron chi connectivity index (χ2n) is 4.43. The van der Waals surface area contributed by atoms with E-state index in [0.717, 1.165) is 0 Å². The summed E-state index contributed by atoms with van der Waals surface area (Å²) in [6, 6.07) is -1.17. The first-order valence-corrected chi connectivity index (χ1v) is 6.33. The molecular weight excluding hydrogens is 266 g/mol. The normalized spacial score (nSPS) is 13.1. The van der Waals surface area contributed by atoms with Gasteiger partial charge < -0.3 is 21.5 Å². The molecule has 0 aromatic rings. The van der Waals surface area contributed by atoms with Gasteiger partial charge in [-0.2, -0.15) is 0 Å². The van der Waals surface area contributed by atoms with Gasteiger partial charge in [-0.25, -0.2) is 0 Å². The zero-order chi connectivity index (χ0) is 15.7. The number of rotatable bonds is 9. The van der Waals surface area contributed by atoms with E-state index in [1.165, 1.54) is 7.05 Å². The summed E-state index contributed by atoms with van der Waals surface area (Å²) in [5.74, 6) is -3.62. The average molecular weight is 287 g/mol. The number of carbonyl (C=O) groups is 4. The van der Waals surface area contributed by atoms with E-state index in [9.17, 15) is 19.2 Å². The molecule has 0 aliphatic carbocycles. The van der Waals surface area contributed by atoms with Crippen molar-refractivity contribution in [2.75, 3.05) is 7.05 Å². The molecular formula is C12H21N3O5. The van der Waals surface area contributed by atoms with Crippen molar-refractivity contribution >= 4 is 23.7 Å². The molecule has 0 saturated heterocycles. The average Bonchev–Trinajstić information content (AvgIpc) is 2.35. The Bertz CT molecular complexity index is 383. The van der Waals surface area contributed by atoms with Crippen LogP contribution in [0.1, 0.15) is 32.6 Å². The Kier molecular flexibility index (Phi) is 7.95. The van der Waals surface area contributed by atoms with Gasteiger partial charge in [-0.3, -0.25) is 19.2 Å². The van der Waals surface area contributed by atoms with Crippen LogP contribution in [-0.2, 0) is 19.2 Å². The van der Waals surface area contributed by atoms with E-state index in [2.05, 4.69) is 10.6 Å². The first kappa shape index (κ1) is 17.9. The van der Waals surface area contributed by atoms with Crippen LogP contribution in [0.5, 0.6) is 0 Å². The summed E-state index contributed by atoms with van der Waals surface area (Å²) < 4.78 is 0. The van der Waals surface area contributed by atoms with Crippen LogP contribution < -0.4 is 16.4 Å². The monoisotopic (exact) mass is 287 g/mol. The maximum absolute atomic E-state index is 12.0. The third-order valence-corrected chi connectivity index (χ3v) is 2.71. The molecule has 114 valence electrons. The Hall–Kier alpha value is -2.12. The lowest BCUT2D eigenvalue weighted by Gasteiger charge is -2.19. The number of carboxylic acids is 1. The molecule has 5 N–H and O–H groups in total. The molecule has 0 aliphatic heterocycles. The fourth-order valence-corrected chi connectivity index (χ4v) is 1.76. The van der Waals surface area contributed by atoms with Crippen LogP contribution in [0.4, 0.5) is 0 Å². The fourth-order valence-electron chi connectivity index (χ4n) is 1.76. The topological polar surface area (TPSA) is 139 Å². The summed E-state index contributed by atoms with van der Waals surface area (Å²) in [7, 11) is 1.34. The predicted octanol–water partition coefficient (Wildman–Crippen LogP) is -1.02. The second-order valence-corrected chi connectivity index (χ2v) is 4.43. The first-order valence-electron chi connectivity index (χ1n) is 6.33. The van der Waals surface area contributed by atoms with Gasteiger partial charge in [-0.15, -0.1) is 0 Å². The molecule has 20 heavy (non-hydrogen) atoms. The third kappa shape index (κ3) is 6.72. The molecule has 3 amide bonds. The minimum atomic E-state index is -1.21. The maximum atomic E-state index is 12.0. The van der Waals surface area contributed by atoms with Gasteiger partial charge in [0, 0.05) is 19.4 Å². The van der Waals surface area contributed by atoms with Crippen LogP contribution in [0.2, 0.25) is 0 Å². The predicted molar refractivity (Wildman–Crippen MR) is 70.5 cm³/mol. The highest BCUT2D eigenvalue weighted by Crippen LogP contribution is 2.12. The van der Waals surface area contributed by atoms with Crippen LogP contribution >= 0.6 is 0 Å². The van der Waals surface area contributed by atoms with Gasteiger partial charge in [-0.1, -0.05) is 13.3 Å². The number of hydrogen-bond donors (Lipinski definition) is 4. The molecule has 0 heterocycles. The van der Waals surface area contributed by atoms with Crippen molar-refractivity contribution in [1.82, 2.24) is 10.6 Å². The molecule has 0 aliphatic rings. The van der Waals surface area contributed by atoms with E-state index in [0.29, 0.717) is 12.8 Å². The van der Waals surface area contributed by atoms with Gasteiger partial charge in [0.05, 0.1) is 6.42 Å². The third-order valence-electron chi connectivity index (χ3n) is 2.71. The second kappa shape index (κ2) is 8.89. The number of carboxylic acid groups (broad SMARTS) is 1. The number of aliphatic carboxylic acids is 1. The molecule has 2 atom stereocenters. The van der Waals surface area contributed by atoms with Gasteiger partial charge in [0.1, 0.15) is 6.04 Å². The Labute approximate surface area is 117 Å². The van der Waals surface area contributed by atoms with E-state index < -0.39 is 42.1 Å². The lowest BCUT2D eigenvalue weighted by atomic mass is 9.97. The molecule has 0 spiro atoms. The molecule has 0 fully saturated rings. The van der Waals surface area contributed by atoms with Crippen molar-refractivity contribution in [3.05, 3.63) is 0 Å². The fraction of sp³-hybridized carbons (Fsp3) is 0.667. The van der Waals surface area contributed by atoms with Crippen molar-refractivity contribution in [2.45, 2.75) is 38.6 Å². The number of carbonyl (C=O) groups excluding carboxylic acids is 3. The van der Waals surface area contributed by atoms with Crippen molar-refractivity contribution < 1.29 is 24.3 Å². The number of amides is 3. The lowest BCUT2D eigenvalue weighted by Crippen LogP contribution is -2.49. The van der Waals surface area contributed by atoms with Crippen LogP contribution in [0.3, 0.4) is 0 Å². The summed E-state index contributed by atoms with van der Waals surface area (Å²) in [5.41, 5.74) is 5.07. The molecule has 0 aromatic heterocycles. The van der Waals surface area contributed by atoms with Gasteiger partial charge in [-0.05, 0) is 6.42 Å². The van der Waals surface area contributed by atoms with E-state index in [1.807, 2.05) is 6.92 Å². The highest BCUT2D eigenvalue weighted by molar-refractivity contribution is 5.92. The zero-order valence-corrected chi connectivity index (χ0v) is 11.6. The number of primary amides is 1. The van der Waals surface area contributed by atoms with Gasteiger partial charge in [0.25, 0.3) is 0 Å². The number of hydrogen-bond acceptors (Lipinski definition) is 4. The Morgan fingerprint density at radius 1 is 1.15 bits per heavy atom. The molecule has 0 radical (unpaired) electrons. The minimum Gasteiger partial charge on any atom is -0.481 e. The summed E-state index contributed by atoms with van der Waals surface area (Å²) in [6.07, 6.45) is 0.436. The number of likely N-dealkylation sites (N-methyl/N-ethyl adjacent to an activating group) is 1. The molecule has 0 aromatic carbocycles. The highest BCUT2D eigenvalue weighted by atomic mass is 16.4. The standard InChI is InChI=1S/C12H21N3O5/c1-3-4-7(5-9(13)16)11(19)15-8(6-10(17)18)12(20)14-2/h7-8H,3-6H2,1-2H3,(H2,13,16)(H,14,20)(H,15,19)(H,17,18). The summed E-state index contributed by atoms with van der Waals surface area (Å²) >= 11 is 0. The summed E-state index contributed by atoms with van der Waals surface area (Å²) in [4.78, 5) is 45.1. The van der Waals surface area contributed by atoms with Gasteiger partial charge in [0.2, 0.25) is 17.7 Å². The molecule has 2 unspecified atom stereocenters. The van der Waals surface area contributed by atoms with Gasteiger partial charge in [0.15, 0.2) is 0 Å². The quantitative estimate of drug-likeness (QED) is 0.430. The van der Waals surface area contributed by atoms with E-state index in [1.54, 1.807) is 0 Å². The smallest absolute Gasteiger partial charge is 0.305 e. The Morgan fingerprint density at radius 2 is 1.75 bits per heavy atom. The Morgan fingerprint density at radius 3 is 2.15 bits per heavy atom. The molecule has 0 saturated carbocycles. The Balaban J connectivity index is 4.80. The van der Waals surface area contributed by atoms with E-state index in [4.69, 9.17) is 10.8 Å². The minimum absolute atomic E-state index is 0.132. The van der Waals surface area contributed by atoms with Crippen LogP contribution in [0, 0.1) is 5.92 Å². The molecule has 0 rings (SSSR count). The van der Waals surface area contributed by atoms with E-state index in [-0.39, 0.29) is 6.42 Å². The van der Waals surface area contributed by atoms with E-state index >= 15 is 0 Å². The molecule has 8 heteroatoms. The molecule has 8 nitrogen and oxygen atoms in total. The van der Waals surface area contributed by atoms with Crippen molar-refractivity contribution in [3.8, 4) is 0 Å². The van der Waals surface area contributed by atoms with Crippen LogP contribution in [-0.4, -0.2) is 41.9 Å². The SMILES string of the molecule is CCCC(CC(N)=O)C(=O)NC(CC(=O)O)C(=O)NC. The van der Waals surface area contributed by atoms with Crippen LogP contribution in [0.15, 0.2) is 0 Å². The lowest BCUT2D eigenvalue weighted by molar-refractivity contribution is -0.141. The summed E-state index contributed by atoms with van der Waals surface area (Å²) in [6.45, 7) is 1.84. The van der Waals surface area contributed by atoms with Crippen molar-refractivity contribution in [2.24, 2.45) is 11.7 Å². The van der Waals surface area contributed by atoms with Crippen molar-refractivity contribution in [1.29, 1.82) is 0 Å². The first-order chi connectivity index (χ1) is 9.31. The number of nitrogens with two attached hydrogens (primary N) is 1. The highest BCUT2D eigenvalue weighted by Gasteiger charge is 2.27. The van der Waals surface area contributed by atoms with Gasteiger partial charge >= 0.3 is 5.97 Å². The zero-order valence-electron chi connectivity index (χ0n) is 11.6. The summed E-state index contributed by atoms with van der Waals surface area (Å²) in [5, 5.41) is 13.4.